The topological polar surface area (TPSA) is 51.7 Å². The van der Waals surface area contributed by atoms with Gasteiger partial charge in [-0.2, -0.15) is 0 Å². The van der Waals surface area contributed by atoms with Crippen LogP contribution in [0.15, 0.2) is 78.5 Å². The Bertz CT molecular complexity index is 1140. The first-order chi connectivity index (χ1) is 15.9. The van der Waals surface area contributed by atoms with Gasteiger partial charge in [-0.3, -0.25) is 14.7 Å². The number of likely N-dealkylation sites (tertiary alicyclic amines) is 1. The van der Waals surface area contributed by atoms with Crippen molar-refractivity contribution in [3.8, 4) is 11.5 Å². The average Bonchev–Trinajstić information content (AvgIpc) is 2.83. The average molecular weight is 443 g/mol. The van der Waals surface area contributed by atoms with Crippen LogP contribution in [0.5, 0.6) is 11.5 Å². The molecule has 1 aliphatic rings. The summed E-state index contributed by atoms with van der Waals surface area (Å²) in [6.07, 6.45) is 3.70. The van der Waals surface area contributed by atoms with Gasteiger partial charge < -0.3 is 9.47 Å². The second-order valence-electron chi connectivity index (χ2n) is 8.97. The Hall–Kier alpha value is -3.44. The molecule has 0 bridgehead atoms. The predicted molar refractivity (Wildman–Crippen MR) is 130 cm³/mol. The number of hydrogen-bond donors (Lipinski definition) is 0. The van der Waals surface area contributed by atoms with Crippen LogP contribution >= 0.6 is 0 Å². The van der Waals surface area contributed by atoms with Crippen molar-refractivity contribution in [1.82, 2.24) is 9.88 Å². The SMILES string of the molecule is COc1ccc(CN2CC(C)(C)C(=O)/C(=C/c3ccccn3)C2c2ccccc2)cc1OC. The maximum Gasteiger partial charge on any atom is 0.167 e. The first kappa shape index (κ1) is 22.7. The molecule has 1 unspecified atom stereocenters. The summed E-state index contributed by atoms with van der Waals surface area (Å²) in [5.41, 5.74) is 3.20. The van der Waals surface area contributed by atoms with Crippen LogP contribution in [-0.4, -0.2) is 36.4 Å². The molecule has 2 aromatic carbocycles. The number of methoxy groups -OCH3 is 2. The van der Waals surface area contributed by atoms with Crippen molar-refractivity contribution < 1.29 is 14.3 Å². The van der Waals surface area contributed by atoms with Crippen LogP contribution in [0.25, 0.3) is 6.08 Å². The summed E-state index contributed by atoms with van der Waals surface area (Å²) in [5, 5.41) is 0. The summed E-state index contributed by atoms with van der Waals surface area (Å²) >= 11 is 0. The fraction of sp³-hybridized carbons (Fsp3) is 0.286. The predicted octanol–water partition coefficient (Wildman–Crippen LogP) is 5.33. The molecule has 0 aliphatic carbocycles. The fourth-order valence-corrected chi connectivity index (χ4v) is 4.53. The van der Waals surface area contributed by atoms with Crippen LogP contribution in [0.1, 0.15) is 36.7 Å². The molecule has 1 aromatic heterocycles. The van der Waals surface area contributed by atoms with E-state index < -0.39 is 5.41 Å². The first-order valence-electron chi connectivity index (χ1n) is 11.1. The van der Waals surface area contributed by atoms with Crippen molar-refractivity contribution in [1.29, 1.82) is 0 Å². The van der Waals surface area contributed by atoms with Crippen molar-refractivity contribution in [3.63, 3.8) is 0 Å². The summed E-state index contributed by atoms with van der Waals surface area (Å²) in [7, 11) is 3.28. The number of carbonyl (C=O) groups is 1. The minimum atomic E-state index is -0.525. The highest BCUT2D eigenvalue weighted by Crippen LogP contribution is 2.42. The van der Waals surface area contributed by atoms with Gasteiger partial charge in [0.05, 0.1) is 26.0 Å². The number of ether oxygens (including phenoxy) is 2. The molecule has 3 aromatic rings. The lowest BCUT2D eigenvalue weighted by Gasteiger charge is -2.44. The molecule has 33 heavy (non-hydrogen) atoms. The smallest absolute Gasteiger partial charge is 0.167 e. The van der Waals surface area contributed by atoms with Crippen LogP contribution in [-0.2, 0) is 11.3 Å². The zero-order valence-corrected chi connectivity index (χ0v) is 19.6. The monoisotopic (exact) mass is 442 g/mol. The van der Waals surface area contributed by atoms with Gasteiger partial charge in [0.25, 0.3) is 0 Å². The van der Waals surface area contributed by atoms with E-state index >= 15 is 0 Å². The van der Waals surface area contributed by atoms with E-state index in [1.165, 1.54) is 0 Å². The van der Waals surface area contributed by atoms with Gasteiger partial charge in [-0.05, 0) is 41.5 Å². The lowest BCUT2D eigenvalue weighted by molar-refractivity contribution is -0.128. The number of hydrogen-bond acceptors (Lipinski definition) is 5. The van der Waals surface area contributed by atoms with Gasteiger partial charge in [0.2, 0.25) is 0 Å². The van der Waals surface area contributed by atoms with Crippen LogP contribution in [0.4, 0.5) is 0 Å². The normalized spacial score (nSPS) is 19.5. The number of Topliss-reactive ketones (excluding diaryl/α,β-unsaturated/α-hetero) is 1. The summed E-state index contributed by atoms with van der Waals surface area (Å²) in [5.74, 6) is 1.55. The molecular formula is C28H30N2O3. The van der Waals surface area contributed by atoms with Gasteiger partial charge in [-0.1, -0.05) is 56.3 Å². The highest BCUT2D eigenvalue weighted by molar-refractivity contribution is 6.05. The Morgan fingerprint density at radius 1 is 1.00 bits per heavy atom. The van der Waals surface area contributed by atoms with Gasteiger partial charge in [-0.15, -0.1) is 0 Å². The summed E-state index contributed by atoms with van der Waals surface area (Å²) in [6.45, 7) is 5.34. The van der Waals surface area contributed by atoms with Crippen molar-refractivity contribution >= 4 is 11.9 Å². The summed E-state index contributed by atoms with van der Waals surface area (Å²) in [6, 6.07) is 21.8. The number of pyridine rings is 1. The molecule has 0 spiro atoms. The van der Waals surface area contributed by atoms with Gasteiger partial charge in [-0.25, -0.2) is 0 Å². The van der Waals surface area contributed by atoms with Crippen molar-refractivity contribution in [2.75, 3.05) is 20.8 Å². The third-order valence-electron chi connectivity index (χ3n) is 6.08. The fourth-order valence-electron chi connectivity index (χ4n) is 4.53. The second kappa shape index (κ2) is 9.59. The molecule has 0 N–H and O–H groups in total. The van der Waals surface area contributed by atoms with E-state index in [4.69, 9.17) is 9.47 Å². The van der Waals surface area contributed by atoms with E-state index in [2.05, 4.69) is 28.1 Å². The molecule has 170 valence electrons. The third-order valence-corrected chi connectivity index (χ3v) is 6.08. The molecule has 1 atom stereocenters. The standard InChI is InChI=1S/C28H30N2O3/c1-28(2)19-30(18-20-13-14-24(32-3)25(16-20)33-4)26(21-10-6-5-7-11-21)23(27(28)31)17-22-12-8-9-15-29-22/h5-17,26H,18-19H2,1-4H3/b23-17+. The zero-order chi connectivity index (χ0) is 23.4. The number of carbonyl (C=O) groups excluding carboxylic acids is 1. The molecule has 0 amide bonds. The van der Waals surface area contributed by atoms with E-state index in [9.17, 15) is 4.79 Å². The molecule has 1 saturated heterocycles. The van der Waals surface area contributed by atoms with Gasteiger partial charge in [0, 0.05) is 30.3 Å². The summed E-state index contributed by atoms with van der Waals surface area (Å²) < 4.78 is 10.9. The Kier molecular flexibility index (Phi) is 6.61. The molecule has 1 aliphatic heterocycles. The number of rotatable bonds is 6. The molecule has 0 radical (unpaired) electrons. The second-order valence-corrected chi connectivity index (χ2v) is 8.97. The van der Waals surface area contributed by atoms with Crippen molar-refractivity contribution in [2.45, 2.75) is 26.4 Å². The Balaban J connectivity index is 1.80. The molecule has 1 fully saturated rings. The Morgan fingerprint density at radius 2 is 1.73 bits per heavy atom. The van der Waals surface area contributed by atoms with E-state index in [-0.39, 0.29) is 11.8 Å². The highest BCUT2D eigenvalue weighted by Gasteiger charge is 2.43. The summed E-state index contributed by atoms with van der Waals surface area (Å²) in [4.78, 5) is 20.5. The molecule has 2 heterocycles. The Labute approximate surface area is 195 Å². The quantitative estimate of drug-likeness (QED) is 0.483. The number of nitrogens with zero attached hydrogens (tertiary/aromatic N) is 2. The Morgan fingerprint density at radius 3 is 2.39 bits per heavy atom. The van der Waals surface area contributed by atoms with Crippen LogP contribution in [0.2, 0.25) is 0 Å². The van der Waals surface area contributed by atoms with E-state index in [0.717, 1.165) is 22.4 Å². The van der Waals surface area contributed by atoms with E-state index in [1.54, 1.807) is 20.4 Å². The van der Waals surface area contributed by atoms with Crippen LogP contribution < -0.4 is 9.47 Å². The molecule has 0 saturated carbocycles. The van der Waals surface area contributed by atoms with E-state index in [1.807, 2.05) is 68.5 Å². The van der Waals surface area contributed by atoms with E-state index in [0.29, 0.717) is 24.6 Å². The number of piperidine rings is 1. The zero-order valence-electron chi connectivity index (χ0n) is 19.6. The van der Waals surface area contributed by atoms with Crippen LogP contribution in [0, 0.1) is 5.41 Å². The number of ketones is 1. The van der Waals surface area contributed by atoms with Crippen molar-refractivity contribution in [3.05, 3.63) is 95.3 Å². The van der Waals surface area contributed by atoms with Crippen LogP contribution in [0.3, 0.4) is 0 Å². The van der Waals surface area contributed by atoms with Gasteiger partial charge in [0.15, 0.2) is 17.3 Å². The largest absolute Gasteiger partial charge is 0.493 e. The number of aromatic nitrogens is 1. The maximum atomic E-state index is 13.7. The molecular weight excluding hydrogens is 412 g/mol. The highest BCUT2D eigenvalue weighted by atomic mass is 16.5. The maximum absolute atomic E-state index is 13.7. The third kappa shape index (κ3) is 4.83. The minimum absolute atomic E-state index is 0.158. The van der Waals surface area contributed by atoms with Gasteiger partial charge in [0.1, 0.15) is 0 Å². The minimum Gasteiger partial charge on any atom is -0.493 e. The first-order valence-corrected chi connectivity index (χ1v) is 11.1. The van der Waals surface area contributed by atoms with Gasteiger partial charge >= 0.3 is 0 Å². The molecule has 4 rings (SSSR count). The molecule has 5 nitrogen and oxygen atoms in total. The molecule has 5 heteroatoms. The lowest BCUT2D eigenvalue weighted by atomic mass is 9.74. The van der Waals surface area contributed by atoms with Crippen molar-refractivity contribution in [2.24, 2.45) is 5.41 Å². The lowest BCUT2D eigenvalue weighted by Crippen LogP contribution is -2.49. The number of benzene rings is 2.